The third kappa shape index (κ3) is 9.13. The molecule has 3 saturated heterocycles. The zero-order valence-corrected chi connectivity index (χ0v) is 35.5. The summed E-state index contributed by atoms with van der Waals surface area (Å²) in [6.45, 7) is 11.7. The van der Waals surface area contributed by atoms with E-state index in [2.05, 4.69) is 37.7 Å². The average Bonchev–Trinajstić information content (AvgIpc) is 3.60. The van der Waals surface area contributed by atoms with Crippen molar-refractivity contribution in [2.24, 2.45) is 0 Å². The average molecular weight is 850 g/mol. The minimum Gasteiger partial charge on any atom is -0.493 e. The number of piperazine rings is 1. The Morgan fingerprint density at radius 1 is 0.918 bits per heavy atom. The number of likely N-dealkylation sites (tertiary alicyclic amines) is 1. The smallest absolute Gasteiger partial charge is 0.264 e. The number of nitrogens with zero attached hydrogens (tertiary/aromatic N) is 6. The number of nitrogens with one attached hydrogen (secondary N) is 1. The van der Waals surface area contributed by atoms with Crippen LogP contribution in [-0.4, -0.2) is 107 Å². The Labute approximate surface area is 361 Å². The maximum absolute atomic E-state index is 15.6. The quantitative estimate of drug-likeness (QED) is 0.0802. The molecule has 4 aliphatic heterocycles. The predicted octanol–water partition coefficient (Wildman–Crippen LogP) is 7.12. The van der Waals surface area contributed by atoms with Gasteiger partial charge < -0.3 is 24.3 Å². The van der Waals surface area contributed by atoms with Gasteiger partial charge >= 0.3 is 0 Å². The van der Waals surface area contributed by atoms with Crippen molar-refractivity contribution < 1.29 is 28.3 Å². The number of aromatic nitrogens is 2. The lowest BCUT2D eigenvalue weighted by molar-refractivity contribution is -0.137. The number of amides is 4. The monoisotopic (exact) mass is 849 g/mol. The molecule has 4 amide bonds. The highest BCUT2D eigenvalue weighted by atomic mass is 35.5. The summed E-state index contributed by atoms with van der Waals surface area (Å²) in [6, 6.07) is 14.3. The number of hydrogen-bond donors (Lipinski definition) is 1. The molecule has 5 heterocycles. The van der Waals surface area contributed by atoms with Crippen LogP contribution >= 0.6 is 11.6 Å². The van der Waals surface area contributed by atoms with Crippen LogP contribution < -0.4 is 15.0 Å². The summed E-state index contributed by atoms with van der Waals surface area (Å²) in [5, 5.41) is 3.27. The zero-order chi connectivity index (χ0) is 42.6. The third-order valence-corrected chi connectivity index (χ3v) is 13.0. The highest BCUT2D eigenvalue weighted by Gasteiger charge is 2.40. The van der Waals surface area contributed by atoms with E-state index in [1.165, 1.54) is 18.0 Å². The highest BCUT2D eigenvalue weighted by Crippen LogP contribution is 2.39. The molecule has 0 radical (unpaired) electrons. The van der Waals surface area contributed by atoms with Crippen LogP contribution in [0.2, 0.25) is 0 Å². The van der Waals surface area contributed by atoms with Gasteiger partial charge in [0.2, 0.25) is 11.8 Å². The van der Waals surface area contributed by atoms with Gasteiger partial charge in [0.1, 0.15) is 29.8 Å². The summed E-state index contributed by atoms with van der Waals surface area (Å²) in [7, 11) is 0. The van der Waals surface area contributed by atoms with Crippen molar-refractivity contribution in [2.75, 3.05) is 57.3 Å². The zero-order valence-electron chi connectivity index (χ0n) is 34.8. The lowest BCUT2D eigenvalue weighted by atomic mass is 9.85. The summed E-state index contributed by atoms with van der Waals surface area (Å²) >= 11 is 5.85. The van der Waals surface area contributed by atoms with Crippen molar-refractivity contribution in [3.8, 4) is 16.9 Å². The second-order valence-electron chi connectivity index (χ2n) is 16.7. The maximum atomic E-state index is 15.6. The van der Waals surface area contributed by atoms with Crippen molar-refractivity contribution >= 4 is 52.0 Å². The van der Waals surface area contributed by atoms with Crippen molar-refractivity contribution in [3.63, 3.8) is 0 Å². The van der Waals surface area contributed by atoms with Gasteiger partial charge in [-0.1, -0.05) is 55.6 Å². The predicted molar refractivity (Wildman–Crippen MR) is 233 cm³/mol. The number of unbranched alkanes of at least 4 members (excludes halogenated alkanes) is 4. The van der Waals surface area contributed by atoms with Crippen LogP contribution in [0.15, 0.2) is 66.5 Å². The first-order chi connectivity index (χ1) is 29.6. The second kappa shape index (κ2) is 18.7. The number of benzene rings is 3. The van der Waals surface area contributed by atoms with E-state index in [4.69, 9.17) is 16.3 Å². The molecule has 3 aromatic carbocycles. The van der Waals surface area contributed by atoms with E-state index in [9.17, 15) is 19.2 Å². The van der Waals surface area contributed by atoms with Gasteiger partial charge in [-0.3, -0.25) is 24.5 Å². The third-order valence-electron chi connectivity index (χ3n) is 12.8. The molecule has 4 aliphatic rings. The molecule has 0 saturated carbocycles. The minimum absolute atomic E-state index is 0.00994. The van der Waals surface area contributed by atoms with Gasteiger partial charge in [0.15, 0.2) is 0 Å². The molecule has 8 rings (SSSR count). The van der Waals surface area contributed by atoms with E-state index in [0.29, 0.717) is 74.1 Å². The number of hydrogen-bond acceptors (Lipinski definition) is 9. The highest BCUT2D eigenvalue weighted by molar-refractivity contribution is 6.41. The van der Waals surface area contributed by atoms with Gasteiger partial charge in [0, 0.05) is 50.1 Å². The lowest BCUT2D eigenvalue weighted by Gasteiger charge is -2.35. The van der Waals surface area contributed by atoms with E-state index in [0.717, 1.165) is 92.5 Å². The van der Waals surface area contributed by atoms with Gasteiger partial charge in [0.25, 0.3) is 11.8 Å². The lowest BCUT2D eigenvalue weighted by Crippen LogP contribution is -2.52. The maximum Gasteiger partial charge on any atom is 0.264 e. The molecule has 61 heavy (non-hydrogen) atoms. The Morgan fingerprint density at radius 2 is 1.67 bits per heavy atom. The number of ether oxygens (including phenoxy) is 1. The van der Waals surface area contributed by atoms with Gasteiger partial charge in [-0.2, -0.15) is 0 Å². The number of piperidine rings is 2. The van der Waals surface area contributed by atoms with Gasteiger partial charge in [0.05, 0.1) is 22.7 Å². The fourth-order valence-corrected chi connectivity index (χ4v) is 9.63. The van der Waals surface area contributed by atoms with Gasteiger partial charge in [-0.25, -0.2) is 14.4 Å². The summed E-state index contributed by atoms with van der Waals surface area (Å²) in [5.74, 6) is 0.297. The van der Waals surface area contributed by atoms with Crippen LogP contribution in [0.25, 0.3) is 22.0 Å². The number of anilines is 1. The number of carbonyl (C=O) groups is 4. The summed E-state index contributed by atoms with van der Waals surface area (Å²) in [5.41, 5.74) is 5.70. The fraction of sp³-hybridized carbons (Fsp3) is 0.447. The first-order valence-electron chi connectivity index (χ1n) is 21.6. The molecule has 4 aromatic rings. The minimum atomic E-state index is -0.599. The Morgan fingerprint density at radius 3 is 2.44 bits per heavy atom. The number of rotatable bonds is 14. The first kappa shape index (κ1) is 42.3. The fourth-order valence-electron chi connectivity index (χ4n) is 9.51. The molecule has 12 nitrogen and oxygen atoms in total. The molecule has 320 valence electrons. The molecule has 1 atom stereocenters. The van der Waals surface area contributed by atoms with Crippen LogP contribution in [0.4, 0.5) is 10.2 Å². The Hall–Kier alpha value is -5.40. The summed E-state index contributed by atoms with van der Waals surface area (Å²) in [6.07, 6.45) is 9.47. The number of fused-ring (bicyclic) bond motifs is 2. The Kier molecular flexibility index (Phi) is 13.0. The molecule has 0 spiro atoms. The van der Waals surface area contributed by atoms with Crippen LogP contribution in [0.1, 0.15) is 90.8 Å². The van der Waals surface area contributed by atoms with Crippen LogP contribution in [0.3, 0.4) is 0 Å². The van der Waals surface area contributed by atoms with E-state index in [1.54, 1.807) is 15.9 Å². The number of halogens is 2. The molecule has 0 bridgehead atoms. The van der Waals surface area contributed by atoms with Crippen molar-refractivity contribution in [1.29, 1.82) is 0 Å². The molecular formula is C47H53ClFN7O5. The molecule has 1 aromatic heterocycles. The van der Waals surface area contributed by atoms with Crippen molar-refractivity contribution in [3.05, 3.63) is 94.5 Å². The topological polar surface area (TPSA) is 128 Å². The molecule has 14 heteroatoms. The molecule has 0 aliphatic carbocycles. The second-order valence-corrected chi connectivity index (χ2v) is 17.1. The van der Waals surface area contributed by atoms with Gasteiger partial charge in [-0.15, -0.1) is 0 Å². The van der Waals surface area contributed by atoms with E-state index < -0.39 is 6.04 Å². The first-order valence-corrected chi connectivity index (χ1v) is 22.0. The van der Waals surface area contributed by atoms with E-state index >= 15 is 4.39 Å². The summed E-state index contributed by atoms with van der Waals surface area (Å²) < 4.78 is 21.8. The molecular weight excluding hydrogens is 797 g/mol. The van der Waals surface area contributed by atoms with Crippen LogP contribution in [0, 0.1) is 12.7 Å². The Balaban J connectivity index is 0.782. The SMILES string of the molecule is C=C(Cl)C(=O)N1CCN(c2ncnc3cc(-c4c(F)cccc4OCCCCCCCN4CCC(c5cccc6c5CN(C5CCC(=O)NC5=O)C6=O)CC4)c(C)cc23)CC1. The van der Waals surface area contributed by atoms with Crippen LogP contribution in [0.5, 0.6) is 5.75 Å². The standard InChI is InChI=1S/C47H53ClFN7O5/c1-30-26-36-39(50-29-51-44(36)54-21-23-55(24-22-54)46(59)31(2)48)27-35(30)43-38(49)12-9-13-41(43)61-25-7-5-3-4-6-18-53-19-16-32(17-20-53)33-10-8-11-34-37(33)28-56(47(34)60)40-14-15-42(57)52-45(40)58/h8-13,26-27,29,32,40H,2-7,14-25,28H2,1H3,(H,52,57,58). The van der Waals surface area contributed by atoms with Crippen LogP contribution in [-0.2, 0) is 20.9 Å². The summed E-state index contributed by atoms with van der Waals surface area (Å²) in [4.78, 5) is 67.0. The van der Waals surface area contributed by atoms with Gasteiger partial charge in [-0.05, 0) is 117 Å². The van der Waals surface area contributed by atoms with Crippen molar-refractivity contribution in [1.82, 2.24) is 30.0 Å². The molecule has 1 unspecified atom stereocenters. The largest absolute Gasteiger partial charge is 0.493 e. The molecule has 1 N–H and O–H groups in total. The van der Waals surface area contributed by atoms with E-state index in [1.807, 2.05) is 37.3 Å². The number of aryl methyl sites for hydroxylation is 1. The normalized spacial score (nSPS) is 18.8. The Bertz CT molecular complexity index is 2340. The van der Waals surface area contributed by atoms with Crippen molar-refractivity contribution in [2.45, 2.75) is 83.2 Å². The number of carbonyl (C=O) groups excluding carboxylic acids is 4. The molecule has 3 fully saturated rings. The number of imide groups is 1. The van der Waals surface area contributed by atoms with E-state index in [-0.39, 0.29) is 40.9 Å².